The van der Waals surface area contributed by atoms with Gasteiger partial charge in [0, 0.05) is 58.8 Å². The van der Waals surface area contributed by atoms with E-state index in [4.69, 9.17) is 0 Å². The summed E-state index contributed by atoms with van der Waals surface area (Å²) in [6.07, 6.45) is 1.17. The number of benzene rings is 1. The molecule has 2 aliphatic rings. The highest BCUT2D eigenvalue weighted by molar-refractivity contribution is 7.89. The third kappa shape index (κ3) is 5.87. The average Bonchev–Trinajstić information content (AvgIpc) is 2.93. The van der Waals surface area contributed by atoms with Gasteiger partial charge in [-0.05, 0) is 37.2 Å². The molecule has 2 fully saturated rings. The quantitative estimate of drug-likeness (QED) is 0.741. The number of rotatable bonds is 5. The van der Waals surface area contributed by atoms with Crippen molar-refractivity contribution in [2.75, 3.05) is 58.9 Å². The Bertz CT molecular complexity index is 742. The van der Waals surface area contributed by atoms with E-state index in [2.05, 4.69) is 10.2 Å². The van der Waals surface area contributed by atoms with E-state index in [1.807, 2.05) is 4.90 Å². The molecular weight excluding hydrogens is 407 g/mol. The van der Waals surface area contributed by atoms with Gasteiger partial charge in [0.25, 0.3) is 0 Å². The highest BCUT2D eigenvalue weighted by Crippen LogP contribution is 2.18. The molecule has 1 N–H and O–H groups in total. The van der Waals surface area contributed by atoms with Crippen molar-refractivity contribution < 1.29 is 17.6 Å². The number of carbonyl (C=O) groups is 1. The lowest BCUT2D eigenvalue weighted by Crippen LogP contribution is -2.47. The van der Waals surface area contributed by atoms with E-state index in [-0.39, 0.29) is 23.2 Å². The van der Waals surface area contributed by atoms with E-state index >= 15 is 0 Å². The van der Waals surface area contributed by atoms with E-state index in [9.17, 15) is 17.6 Å². The zero-order chi connectivity index (χ0) is 19.3. The van der Waals surface area contributed by atoms with Gasteiger partial charge in [0.15, 0.2) is 0 Å². The maximum atomic E-state index is 13.1. The Morgan fingerprint density at radius 2 is 1.68 bits per heavy atom. The first-order chi connectivity index (χ1) is 13.0. The van der Waals surface area contributed by atoms with Crippen LogP contribution in [0.5, 0.6) is 0 Å². The van der Waals surface area contributed by atoms with Gasteiger partial charge in [-0.3, -0.25) is 4.79 Å². The molecule has 3 rings (SSSR count). The summed E-state index contributed by atoms with van der Waals surface area (Å²) >= 11 is 0. The first-order valence-electron chi connectivity index (χ1n) is 9.43. The zero-order valence-electron chi connectivity index (χ0n) is 15.8. The van der Waals surface area contributed by atoms with Crippen LogP contribution in [0.3, 0.4) is 0 Å². The standard InChI is InChI=1S/C18H27FN4O3S.ClH/c19-16-2-4-17(5-3-16)27(25,26)23-10-1-9-21(14-15-23)11-6-18(24)22-12-7-20-8-13-22;/h2-5,20H,1,6-15H2;1H. The number of hydrogen-bond donors (Lipinski definition) is 1. The number of amides is 1. The lowest BCUT2D eigenvalue weighted by molar-refractivity contribution is -0.132. The molecular formula is C18H28ClFN4O3S. The predicted molar refractivity (Wildman–Crippen MR) is 108 cm³/mol. The highest BCUT2D eigenvalue weighted by Gasteiger charge is 2.27. The molecule has 0 saturated carbocycles. The summed E-state index contributed by atoms with van der Waals surface area (Å²) in [4.78, 5) is 16.5. The van der Waals surface area contributed by atoms with Crippen molar-refractivity contribution in [3.63, 3.8) is 0 Å². The van der Waals surface area contributed by atoms with Crippen LogP contribution in [-0.4, -0.2) is 87.3 Å². The maximum Gasteiger partial charge on any atom is 0.243 e. The summed E-state index contributed by atoms with van der Waals surface area (Å²) in [7, 11) is -3.62. The van der Waals surface area contributed by atoms with Crippen LogP contribution in [0, 0.1) is 5.82 Å². The molecule has 0 radical (unpaired) electrons. The fourth-order valence-electron chi connectivity index (χ4n) is 3.49. The third-order valence-corrected chi connectivity index (χ3v) is 7.02. The molecule has 1 aromatic rings. The minimum Gasteiger partial charge on any atom is -0.340 e. The van der Waals surface area contributed by atoms with Gasteiger partial charge in [-0.25, -0.2) is 12.8 Å². The second-order valence-corrected chi connectivity index (χ2v) is 8.87. The first-order valence-corrected chi connectivity index (χ1v) is 10.9. The molecule has 2 saturated heterocycles. The smallest absolute Gasteiger partial charge is 0.243 e. The van der Waals surface area contributed by atoms with Crippen molar-refractivity contribution in [2.24, 2.45) is 0 Å². The van der Waals surface area contributed by atoms with Gasteiger partial charge in [-0.15, -0.1) is 12.4 Å². The molecule has 0 spiro atoms. The molecule has 158 valence electrons. The van der Waals surface area contributed by atoms with E-state index < -0.39 is 15.8 Å². The Balaban J connectivity index is 0.00000280. The SMILES string of the molecule is Cl.O=C(CCN1CCCN(S(=O)(=O)c2ccc(F)cc2)CC1)N1CCNCC1. The van der Waals surface area contributed by atoms with E-state index in [1.165, 1.54) is 28.6 Å². The summed E-state index contributed by atoms with van der Waals surface area (Å²) in [5.41, 5.74) is 0. The second-order valence-electron chi connectivity index (χ2n) is 6.93. The highest BCUT2D eigenvalue weighted by atomic mass is 35.5. The van der Waals surface area contributed by atoms with Gasteiger partial charge < -0.3 is 15.1 Å². The van der Waals surface area contributed by atoms with E-state index in [1.54, 1.807) is 0 Å². The number of carbonyl (C=O) groups excluding carboxylic acids is 1. The molecule has 2 heterocycles. The van der Waals surface area contributed by atoms with Gasteiger partial charge in [0.05, 0.1) is 4.90 Å². The Morgan fingerprint density at radius 1 is 1.00 bits per heavy atom. The lowest BCUT2D eigenvalue weighted by Gasteiger charge is -2.28. The normalized spacial score (nSPS) is 19.7. The number of sulfonamides is 1. The van der Waals surface area contributed by atoms with Gasteiger partial charge >= 0.3 is 0 Å². The number of hydrogen-bond acceptors (Lipinski definition) is 5. The van der Waals surface area contributed by atoms with Crippen molar-refractivity contribution in [3.05, 3.63) is 30.1 Å². The second kappa shape index (κ2) is 10.5. The molecule has 2 aliphatic heterocycles. The zero-order valence-corrected chi connectivity index (χ0v) is 17.5. The van der Waals surface area contributed by atoms with Crippen LogP contribution in [0.4, 0.5) is 4.39 Å². The predicted octanol–water partition coefficient (Wildman–Crippen LogP) is 0.766. The number of nitrogens with one attached hydrogen (secondary N) is 1. The minimum absolute atomic E-state index is 0. The van der Waals surface area contributed by atoms with Gasteiger partial charge in [-0.1, -0.05) is 0 Å². The third-order valence-electron chi connectivity index (χ3n) is 5.11. The van der Waals surface area contributed by atoms with E-state index in [0.29, 0.717) is 39.0 Å². The molecule has 1 aromatic carbocycles. The van der Waals surface area contributed by atoms with Gasteiger partial charge in [0.2, 0.25) is 15.9 Å². The van der Waals surface area contributed by atoms with Gasteiger partial charge in [-0.2, -0.15) is 4.31 Å². The van der Waals surface area contributed by atoms with Crippen LogP contribution in [0.1, 0.15) is 12.8 Å². The number of halogens is 2. The molecule has 0 bridgehead atoms. The Kier molecular flexibility index (Phi) is 8.63. The maximum absolute atomic E-state index is 13.1. The summed E-state index contributed by atoms with van der Waals surface area (Å²) in [5.74, 6) is -0.290. The monoisotopic (exact) mass is 434 g/mol. The molecule has 0 unspecified atom stereocenters. The summed E-state index contributed by atoms with van der Waals surface area (Å²) < 4.78 is 40.0. The van der Waals surface area contributed by atoms with Crippen molar-refractivity contribution in [3.8, 4) is 0 Å². The summed E-state index contributed by atoms with van der Waals surface area (Å²) in [6.45, 7) is 6.00. The number of nitrogens with zero attached hydrogens (tertiary/aromatic N) is 3. The van der Waals surface area contributed by atoms with Crippen LogP contribution in [-0.2, 0) is 14.8 Å². The Hall–Kier alpha value is -1.26. The van der Waals surface area contributed by atoms with Crippen LogP contribution in [0.2, 0.25) is 0 Å². The van der Waals surface area contributed by atoms with Crippen molar-refractivity contribution >= 4 is 28.3 Å². The van der Waals surface area contributed by atoms with Crippen LogP contribution >= 0.6 is 12.4 Å². The average molecular weight is 435 g/mol. The largest absolute Gasteiger partial charge is 0.340 e. The Labute approximate surface area is 172 Å². The van der Waals surface area contributed by atoms with E-state index in [0.717, 1.165) is 32.7 Å². The van der Waals surface area contributed by atoms with Crippen LogP contribution in [0.25, 0.3) is 0 Å². The first kappa shape index (κ1) is 23.0. The van der Waals surface area contributed by atoms with Crippen molar-refractivity contribution in [1.82, 2.24) is 19.4 Å². The summed E-state index contributed by atoms with van der Waals surface area (Å²) in [5, 5.41) is 3.23. The van der Waals surface area contributed by atoms with Crippen LogP contribution in [0.15, 0.2) is 29.2 Å². The molecule has 0 aliphatic carbocycles. The topological polar surface area (TPSA) is 73.0 Å². The fraction of sp³-hybridized carbons (Fsp3) is 0.611. The molecule has 10 heteroatoms. The molecule has 1 amide bonds. The summed E-state index contributed by atoms with van der Waals surface area (Å²) in [6, 6.07) is 4.94. The minimum atomic E-state index is -3.62. The Morgan fingerprint density at radius 3 is 2.36 bits per heavy atom. The number of piperazine rings is 1. The molecule has 0 aromatic heterocycles. The fourth-order valence-corrected chi connectivity index (χ4v) is 4.96. The molecule has 7 nitrogen and oxygen atoms in total. The molecule has 28 heavy (non-hydrogen) atoms. The van der Waals surface area contributed by atoms with Gasteiger partial charge in [0.1, 0.15) is 5.82 Å². The van der Waals surface area contributed by atoms with Crippen molar-refractivity contribution in [1.29, 1.82) is 0 Å². The van der Waals surface area contributed by atoms with Crippen LogP contribution < -0.4 is 5.32 Å². The lowest BCUT2D eigenvalue weighted by atomic mass is 10.3. The molecule has 0 atom stereocenters. The van der Waals surface area contributed by atoms with Crippen molar-refractivity contribution in [2.45, 2.75) is 17.7 Å².